The van der Waals surface area contributed by atoms with Crippen molar-refractivity contribution in [3.05, 3.63) is 72.1 Å². The van der Waals surface area contributed by atoms with Crippen LogP contribution in [0.3, 0.4) is 0 Å². The van der Waals surface area contributed by atoms with E-state index in [1.54, 1.807) is 28.9 Å². The first kappa shape index (κ1) is 15.0. The molecule has 3 rings (SSSR count). The van der Waals surface area contributed by atoms with Crippen molar-refractivity contribution >= 4 is 22.8 Å². The first-order chi connectivity index (χ1) is 11.1. The van der Waals surface area contributed by atoms with Gasteiger partial charge in [-0.2, -0.15) is 5.10 Å². The second-order valence-electron chi connectivity index (χ2n) is 5.62. The van der Waals surface area contributed by atoms with Crippen molar-refractivity contribution in [2.45, 2.75) is 6.54 Å². The van der Waals surface area contributed by atoms with E-state index < -0.39 is 0 Å². The predicted molar refractivity (Wildman–Crippen MR) is 92.7 cm³/mol. The molecule has 0 unspecified atom stereocenters. The second kappa shape index (κ2) is 6.48. The van der Waals surface area contributed by atoms with Gasteiger partial charge in [0.15, 0.2) is 0 Å². The molecule has 0 spiro atoms. The largest absolute Gasteiger partial charge is 0.338 e. The van der Waals surface area contributed by atoms with Crippen LogP contribution < -0.4 is 0 Å². The van der Waals surface area contributed by atoms with Gasteiger partial charge in [-0.05, 0) is 22.4 Å². The Hall–Kier alpha value is -2.88. The maximum absolute atomic E-state index is 12.3. The molecule has 0 aliphatic heterocycles. The minimum atomic E-state index is -0.0261. The zero-order valence-electron chi connectivity index (χ0n) is 13.3. The Labute approximate surface area is 135 Å². The third-order valence-electron chi connectivity index (χ3n) is 3.78. The average Bonchev–Trinajstić information content (AvgIpc) is 2.97. The molecule has 0 N–H and O–H groups in total. The summed E-state index contributed by atoms with van der Waals surface area (Å²) in [6, 6.07) is 14.3. The average molecular weight is 305 g/mol. The number of likely N-dealkylation sites (N-methyl/N-ethyl adjacent to an activating group) is 1. The van der Waals surface area contributed by atoms with Gasteiger partial charge in [0.2, 0.25) is 5.91 Å². The SMILES string of the molecule is CN(Cc1cnn(C)c1)C(=O)/C=C/c1cccc2ccccc12. The van der Waals surface area contributed by atoms with Crippen LogP contribution in [0.4, 0.5) is 0 Å². The molecule has 0 saturated heterocycles. The van der Waals surface area contributed by atoms with Crippen LogP contribution in [-0.4, -0.2) is 27.6 Å². The summed E-state index contributed by atoms with van der Waals surface area (Å²) < 4.78 is 1.74. The summed E-state index contributed by atoms with van der Waals surface area (Å²) >= 11 is 0. The Kier molecular flexibility index (Phi) is 4.24. The standard InChI is InChI=1S/C19H19N3O/c1-21(13-15-12-20-22(2)14-15)19(23)11-10-17-8-5-7-16-6-3-4-9-18(16)17/h3-12,14H,13H2,1-2H3/b11-10+. The van der Waals surface area contributed by atoms with Crippen LogP contribution >= 0.6 is 0 Å². The molecule has 1 aromatic heterocycles. The van der Waals surface area contributed by atoms with E-state index in [1.165, 1.54) is 5.39 Å². The number of carbonyl (C=O) groups excluding carboxylic acids is 1. The van der Waals surface area contributed by atoms with Gasteiger partial charge in [-0.15, -0.1) is 0 Å². The maximum Gasteiger partial charge on any atom is 0.246 e. The molecule has 0 aliphatic carbocycles. The number of rotatable bonds is 4. The Bertz CT molecular complexity index is 858. The van der Waals surface area contributed by atoms with Gasteiger partial charge in [-0.1, -0.05) is 42.5 Å². The first-order valence-corrected chi connectivity index (χ1v) is 7.52. The molecule has 1 heterocycles. The zero-order valence-corrected chi connectivity index (χ0v) is 13.3. The van der Waals surface area contributed by atoms with Gasteiger partial charge in [0.1, 0.15) is 0 Å². The summed E-state index contributed by atoms with van der Waals surface area (Å²) in [5, 5.41) is 6.44. The highest BCUT2D eigenvalue weighted by Gasteiger charge is 2.07. The van der Waals surface area contributed by atoms with Crippen LogP contribution in [0.2, 0.25) is 0 Å². The molecule has 0 aliphatic rings. The van der Waals surface area contributed by atoms with Gasteiger partial charge in [0.05, 0.1) is 6.20 Å². The Morgan fingerprint density at radius 2 is 2.00 bits per heavy atom. The minimum Gasteiger partial charge on any atom is -0.338 e. The van der Waals surface area contributed by atoms with Gasteiger partial charge in [-0.25, -0.2) is 0 Å². The van der Waals surface area contributed by atoms with Gasteiger partial charge in [-0.3, -0.25) is 9.48 Å². The van der Waals surface area contributed by atoms with Crippen molar-refractivity contribution in [3.63, 3.8) is 0 Å². The van der Waals surface area contributed by atoms with Crippen molar-refractivity contribution < 1.29 is 4.79 Å². The molecule has 4 nitrogen and oxygen atoms in total. The fourth-order valence-corrected chi connectivity index (χ4v) is 2.59. The molecule has 2 aromatic carbocycles. The predicted octanol–water partition coefficient (Wildman–Crippen LogP) is 3.25. The lowest BCUT2D eigenvalue weighted by Crippen LogP contribution is -2.23. The first-order valence-electron chi connectivity index (χ1n) is 7.52. The number of hydrogen-bond donors (Lipinski definition) is 0. The van der Waals surface area contributed by atoms with E-state index in [1.807, 2.05) is 43.6 Å². The number of hydrogen-bond acceptors (Lipinski definition) is 2. The van der Waals surface area contributed by atoms with E-state index in [2.05, 4.69) is 23.3 Å². The highest BCUT2D eigenvalue weighted by atomic mass is 16.2. The summed E-state index contributed by atoms with van der Waals surface area (Å²) in [6.45, 7) is 0.548. The number of fused-ring (bicyclic) bond motifs is 1. The van der Waals surface area contributed by atoms with Crippen molar-refractivity contribution in [3.8, 4) is 0 Å². The van der Waals surface area contributed by atoms with Crippen molar-refractivity contribution in [1.82, 2.24) is 14.7 Å². The molecule has 3 aromatic rings. The zero-order chi connectivity index (χ0) is 16.2. The summed E-state index contributed by atoms with van der Waals surface area (Å²) in [6.07, 6.45) is 7.19. The molecule has 116 valence electrons. The summed E-state index contributed by atoms with van der Waals surface area (Å²) in [7, 11) is 3.66. The van der Waals surface area contributed by atoms with Crippen LogP contribution in [0.5, 0.6) is 0 Å². The normalized spacial score (nSPS) is 11.2. The number of amides is 1. The summed E-state index contributed by atoms with van der Waals surface area (Å²) in [5.41, 5.74) is 2.06. The smallest absolute Gasteiger partial charge is 0.246 e. The van der Waals surface area contributed by atoms with Gasteiger partial charge in [0.25, 0.3) is 0 Å². The van der Waals surface area contributed by atoms with Gasteiger partial charge >= 0.3 is 0 Å². The molecule has 0 atom stereocenters. The highest BCUT2D eigenvalue weighted by Crippen LogP contribution is 2.19. The van der Waals surface area contributed by atoms with Gasteiger partial charge < -0.3 is 4.90 Å². The van der Waals surface area contributed by atoms with Crippen molar-refractivity contribution in [2.75, 3.05) is 7.05 Å². The minimum absolute atomic E-state index is 0.0261. The number of aromatic nitrogens is 2. The van der Waals surface area contributed by atoms with E-state index in [9.17, 15) is 4.79 Å². The molecule has 0 radical (unpaired) electrons. The Morgan fingerprint density at radius 3 is 2.78 bits per heavy atom. The van der Waals surface area contributed by atoms with Gasteiger partial charge in [0, 0.05) is 38.5 Å². The van der Waals surface area contributed by atoms with E-state index in [4.69, 9.17) is 0 Å². The molecular weight excluding hydrogens is 286 g/mol. The quantitative estimate of drug-likeness (QED) is 0.694. The monoisotopic (exact) mass is 305 g/mol. The van der Waals surface area contributed by atoms with E-state index in [0.29, 0.717) is 6.54 Å². The van der Waals surface area contributed by atoms with Crippen LogP contribution in [0.1, 0.15) is 11.1 Å². The van der Waals surface area contributed by atoms with E-state index in [-0.39, 0.29) is 5.91 Å². The number of carbonyl (C=O) groups is 1. The molecule has 23 heavy (non-hydrogen) atoms. The lowest BCUT2D eigenvalue weighted by atomic mass is 10.0. The van der Waals surface area contributed by atoms with Crippen LogP contribution in [0.25, 0.3) is 16.8 Å². The third-order valence-corrected chi connectivity index (χ3v) is 3.78. The number of benzene rings is 2. The van der Waals surface area contributed by atoms with Crippen LogP contribution in [0, 0.1) is 0 Å². The highest BCUT2D eigenvalue weighted by molar-refractivity contribution is 5.96. The molecule has 1 amide bonds. The van der Waals surface area contributed by atoms with Crippen molar-refractivity contribution in [1.29, 1.82) is 0 Å². The number of nitrogens with zero attached hydrogens (tertiary/aromatic N) is 3. The topological polar surface area (TPSA) is 38.1 Å². The van der Waals surface area contributed by atoms with E-state index in [0.717, 1.165) is 16.5 Å². The summed E-state index contributed by atoms with van der Waals surface area (Å²) in [4.78, 5) is 14.0. The number of aryl methyl sites for hydroxylation is 1. The Morgan fingerprint density at radius 1 is 1.22 bits per heavy atom. The summed E-state index contributed by atoms with van der Waals surface area (Å²) in [5.74, 6) is -0.0261. The molecule has 0 saturated carbocycles. The maximum atomic E-state index is 12.3. The lowest BCUT2D eigenvalue weighted by Gasteiger charge is -2.13. The molecular formula is C19H19N3O. The molecule has 4 heteroatoms. The lowest BCUT2D eigenvalue weighted by molar-refractivity contribution is -0.125. The third kappa shape index (κ3) is 3.48. The Balaban J connectivity index is 1.74. The van der Waals surface area contributed by atoms with Crippen LogP contribution in [0.15, 0.2) is 60.9 Å². The fourth-order valence-electron chi connectivity index (χ4n) is 2.59. The van der Waals surface area contributed by atoms with Crippen molar-refractivity contribution in [2.24, 2.45) is 7.05 Å². The second-order valence-corrected chi connectivity index (χ2v) is 5.62. The molecule has 0 bridgehead atoms. The fraction of sp³-hybridized carbons (Fsp3) is 0.158. The van der Waals surface area contributed by atoms with E-state index >= 15 is 0 Å². The molecule has 0 fully saturated rings. The van der Waals surface area contributed by atoms with Crippen LogP contribution in [-0.2, 0) is 18.4 Å².